The highest BCUT2D eigenvalue weighted by Gasteiger charge is 2.26. The Morgan fingerprint density at radius 2 is 2.31 bits per heavy atom. The van der Waals surface area contributed by atoms with Gasteiger partial charge in [-0.3, -0.25) is 4.79 Å². The van der Waals surface area contributed by atoms with E-state index in [2.05, 4.69) is 15.9 Å². The number of carbonyl (C=O) groups is 1. The van der Waals surface area contributed by atoms with Crippen molar-refractivity contribution in [3.8, 4) is 0 Å². The minimum atomic E-state index is -0.342. The molecule has 1 heterocycles. The molecule has 0 saturated carbocycles. The van der Waals surface area contributed by atoms with Crippen molar-refractivity contribution in [3.63, 3.8) is 0 Å². The smallest absolute Gasteiger partial charge is 0.254 e. The Morgan fingerprint density at radius 1 is 1.56 bits per heavy atom. The average molecular weight is 286 g/mol. The molecule has 1 atom stereocenters. The van der Waals surface area contributed by atoms with Crippen LogP contribution < -0.4 is 0 Å². The molecular formula is C12H13BrFNO. The van der Waals surface area contributed by atoms with Crippen molar-refractivity contribution in [3.05, 3.63) is 34.1 Å². The largest absolute Gasteiger partial charge is 0.336 e. The number of hydrogen-bond donors (Lipinski definition) is 0. The molecule has 0 N–H and O–H groups in total. The molecule has 16 heavy (non-hydrogen) atoms. The monoisotopic (exact) mass is 285 g/mol. The Bertz CT molecular complexity index is 421. The second-order valence-electron chi connectivity index (χ2n) is 4.12. The third-order valence-corrected chi connectivity index (χ3v) is 3.59. The zero-order chi connectivity index (χ0) is 11.7. The number of likely N-dealkylation sites (tertiary alicyclic amines) is 1. The summed E-state index contributed by atoms with van der Waals surface area (Å²) in [5.74, 6) is -0.350. The normalized spacial score (nSPS) is 20.2. The van der Waals surface area contributed by atoms with Gasteiger partial charge in [0, 0.05) is 18.2 Å². The van der Waals surface area contributed by atoms with Crippen LogP contribution in [0.5, 0.6) is 0 Å². The van der Waals surface area contributed by atoms with Gasteiger partial charge in [-0.25, -0.2) is 4.39 Å². The van der Waals surface area contributed by atoms with Crippen LogP contribution in [0.15, 0.2) is 22.7 Å². The summed E-state index contributed by atoms with van der Waals surface area (Å²) >= 11 is 3.09. The molecule has 0 spiro atoms. The number of amides is 1. The summed E-state index contributed by atoms with van der Waals surface area (Å²) in [4.78, 5) is 14.0. The van der Waals surface area contributed by atoms with Crippen molar-refractivity contribution in [1.29, 1.82) is 0 Å². The third kappa shape index (κ3) is 2.12. The first-order valence-corrected chi connectivity index (χ1v) is 6.15. The van der Waals surface area contributed by atoms with Gasteiger partial charge >= 0.3 is 0 Å². The van der Waals surface area contributed by atoms with Crippen LogP contribution in [0.2, 0.25) is 0 Å². The van der Waals surface area contributed by atoms with Crippen LogP contribution in [0, 0.1) is 5.82 Å². The summed E-state index contributed by atoms with van der Waals surface area (Å²) < 4.78 is 13.4. The highest BCUT2D eigenvalue weighted by atomic mass is 79.9. The van der Waals surface area contributed by atoms with E-state index in [1.807, 2.05) is 11.8 Å². The number of carbonyl (C=O) groups excluding carboxylic acids is 1. The van der Waals surface area contributed by atoms with Crippen LogP contribution in [-0.4, -0.2) is 23.4 Å². The summed E-state index contributed by atoms with van der Waals surface area (Å²) in [6.45, 7) is 2.85. The van der Waals surface area contributed by atoms with E-state index in [0.29, 0.717) is 10.0 Å². The molecule has 0 aliphatic carbocycles. The highest BCUT2D eigenvalue weighted by Crippen LogP contribution is 2.22. The van der Waals surface area contributed by atoms with Crippen LogP contribution in [0.1, 0.15) is 30.1 Å². The van der Waals surface area contributed by atoms with Gasteiger partial charge in [0.25, 0.3) is 5.91 Å². The lowest BCUT2D eigenvalue weighted by atomic mass is 10.2. The maximum absolute atomic E-state index is 13.0. The van der Waals surface area contributed by atoms with E-state index >= 15 is 0 Å². The van der Waals surface area contributed by atoms with E-state index in [1.165, 1.54) is 12.1 Å². The van der Waals surface area contributed by atoms with E-state index < -0.39 is 0 Å². The number of nitrogens with zero attached hydrogens (tertiary/aromatic N) is 1. The molecule has 1 saturated heterocycles. The van der Waals surface area contributed by atoms with Gasteiger partial charge in [-0.05, 0) is 53.9 Å². The molecule has 1 aliphatic rings. The summed E-state index contributed by atoms with van der Waals surface area (Å²) in [6.07, 6.45) is 2.10. The molecule has 0 aromatic heterocycles. The van der Waals surface area contributed by atoms with Crippen molar-refractivity contribution < 1.29 is 9.18 Å². The summed E-state index contributed by atoms with van der Waals surface area (Å²) in [7, 11) is 0. The predicted octanol–water partition coefficient (Wildman–Crippen LogP) is 3.21. The molecule has 2 nitrogen and oxygen atoms in total. The quantitative estimate of drug-likeness (QED) is 0.776. The molecule has 1 aromatic rings. The van der Waals surface area contributed by atoms with E-state index in [0.717, 1.165) is 19.4 Å². The van der Waals surface area contributed by atoms with Gasteiger partial charge in [-0.1, -0.05) is 0 Å². The number of halogens is 2. The second-order valence-corrected chi connectivity index (χ2v) is 4.97. The Balaban J connectivity index is 2.23. The van der Waals surface area contributed by atoms with Crippen molar-refractivity contribution >= 4 is 21.8 Å². The Kier molecular flexibility index (Phi) is 3.28. The first-order valence-electron chi connectivity index (χ1n) is 5.35. The minimum absolute atomic E-state index is 0.00861. The minimum Gasteiger partial charge on any atom is -0.336 e. The van der Waals surface area contributed by atoms with Crippen LogP contribution >= 0.6 is 15.9 Å². The van der Waals surface area contributed by atoms with Crippen LogP contribution in [-0.2, 0) is 0 Å². The first-order chi connectivity index (χ1) is 7.59. The number of hydrogen-bond acceptors (Lipinski definition) is 1. The molecular weight excluding hydrogens is 273 g/mol. The van der Waals surface area contributed by atoms with Gasteiger partial charge in [-0.15, -0.1) is 0 Å². The Labute approximate surface area is 103 Å². The third-order valence-electron chi connectivity index (χ3n) is 2.98. The maximum Gasteiger partial charge on any atom is 0.254 e. The lowest BCUT2D eigenvalue weighted by Gasteiger charge is -2.21. The summed E-state index contributed by atoms with van der Waals surface area (Å²) in [5, 5.41) is 0. The van der Waals surface area contributed by atoms with Crippen molar-refractivity contribution in [2.24, 2.45) is 0 Å². The molecule has 4 heteroatoms. The SMILES string of the molecule is CC1CCCN1C(=O)c1ccc(F)c(Br)c1. The zero-order valence-corrected chi connectivity index (χ0v) is 10.6. The van der Waals surface area contributed by atoms with E-state index in [9.17, 15) is 9.18 Å². The van der Waals surface area contributed by atoms with Crippen molar-refractivity contribution in [2.45, 2.75) is 25.8 Å². The molecule has 1 aliphatic heterocycles. The van der Waals surface area contributed by atoms with Crippen LogP contribution in [0.3, 0.4) is 0 Å². The van der Waals surface area contributed by atoms with Gasteiger partial charge in [0.15, 0.2) is 0 Å². The lowest BCUT2D eigenvalue weighted by Crippen LogP contribution is -2.33. The fourth-order valence-electron chi connectivity index (χ4n) is 2.03. The van der Waals surface area contributed by atoms with Gasteiger partial charge < -0.3 is 4.90 Å². The number of rotatable bonds is 1. The molecule has 1 amide bonds. The molecule has 0 radical (unpaired) electrons. The molecule has 1 fully saturated rings. The van der Waals surface area contributed by atoms with E-state index in [1.54, 1.807) is 6.07 Å². The standard InChI is InChI=1S/C12H13BrFNO/c1-8-3-2-6-15(8)12(16)9-4-5-11(14)10(13)7-9/h4-5,7-8H,2-3,6H2,1H3. The zero-order valence-electron chi connectivity index (χ0n) is 9.04. The van der Waals surface area contributed by atoms with Crippen molar-refractivity contribution in [2.75, 3.05) is 6.54 Å². The van der Waals surface area contributed by atoms with Crippen molar-refractivity contribution in [1.82, 2.24) is 4.90 Å². The van der Waals surface area contributed by atoms with E-state index in [4.69, 9.17) is 0 Å². The summed E-state index contributed by atoms with van der Waals surface area (Å²) in [6, 6.07) is 4.69. The molecule has 1 aromatic carbocycles. The molecule has 0 bridgehead atoms. The second kappa shape index (κ2) is 4.53. The van der Waals surface area contributed by atoms with Gasteiger partial charge in [0.1, 0.15) is 5.82 Å². The topological polar surface area (TPSA) is 20.3 Å². The molecule has 1 unspecified atom stereocenters. The maximum atomic E-state index is 13.0. The lowest BCUT2D eigenvalue weighted by molar-refractivity contribution is 0.0747. The fraction of sp³-hybridized carbons (Fsp3) is 0.417. The van der Waals surface area contributed by atoms with Crippen LogP contribution in [0.25, 0.3) is 0 Å². The van der Waals surface area contributed by atoms with E-state index in [-0.39, 0.29) is 17.8 Å². The molecule has 2 rings (SSSR count). The van der Waals surface area contributed by atoms with Gasteiger partial charge in [0.2, 0.25) is 0 Å². The fourth-order valence-corrected chi connectivity index (χ4v) is 2.41. The summed E-state index contributed by atoms with van der Waals surface area (Å²) in [5.41, 5.74) is 0.544. The Hall–Kier alpha value is -0.900. The van der Waals surface area contributed by atoms with Gasteiger partial charge in [-0.2, -0.15) is 0 Å². The highest BCUT2D eigenvalue weighted by molar-refractivity contribution is 9.10. The van der Waals surface area contributed by atoms with Gasteiger partial charge in [0.05, 0.1) is 4.47 Å². The first kappa shape index (κ1) is 11.6. The molecule has 86 valence electrons. The number of benzene rings is 1. The van der Waals surface area contributed by atoms with Crippen LogP contribution in [0.4, 0.5) is 4.39 Å². The Morgan fingerprint density at radius 3 is 2.88 bits per heavy atom. The average Bonchev–Trinajstić information content (AvgIpc) is 2.67. The predicted molar refractivity (Wildman–Crippen MR) is 63.8 cm³/mol.